The van der Waals surface area contributed by atoms with Crippen LogP contribution in [0, 0.1) is 0 Å². The van der Waals surface area contributed by atoms with Crippen LogP contribution in [-0.2, 0) is 0 Å². The fourth-order valence-electron chi connectivity index (χ4n) is 2.03. The molecule has 1 saturated heterocycles. The summed E-state index contributed by atoms with van der Waals surface area (Å²) < 4.78 is 5.14. The van der Waals surface area contributed by atoms with Crippen molar-refractivity contribution in [2.75, 3.05) is 31.6 Å². The van der Waals surface area contributed by atoms with Gasteiger partial charge in [-0.15, -0.1) is 0 Å². The molecule has 0 atom stereocenters. The summed E-state index contributed by atoms with van der Waals surface area (Å²) in [6.45, 7) is 7.36. The lowest BCUT2D eigenvalue weighted by atomic mass is 10.0. The zero-order valence-electron chi connectivity index (χ0n) is 10.2. The third kappa shape index (κ3) is 2.44. The number of nitrogens with zero attached hydrogens (tertiary/aromatic N) is 2. The molecule has 0 bridgehead atoms. The van der Waals surface area contributed by atoms with E-state index in [-0.39, 0.29) is 5.54 Å². The Morgan fingerprint density at radius 3 is 2.94 bits per heavy atom. The molecule has 2 heterocycles. The molecule has 0 radical (unpaired) electrons. The molecule has 0 saturated carbocycles. The van der Waals surface area contributed by atoms with E-state index in [0.717, 1.165) is 25.5 Å². The summed E-state index contributed by atoms with van der Waals surface area (Å²) in [5.74, 6) is 1.67. The minimum absolute atomic E-state index is 0.142. The van der Waals surface area contributed by atoms with Gasteiger partial charge < -0.3 is 15.0 Å². The maximum atomic E-state index is 5.14. The highest BCUT2D eigenvalue weighted by Gasteiger charge is 2.26. The van der Waals surface area contributed by atoms with Crippen LogP contribution in [0.5, 0.6) is 5.88 Å². The number of rotatable bonds is 2. The van der Waals surface area contributed by atoms with Crippen LogP contribution in [-0.4, -0.2) is 37.3 Å². The number of methoxy groups -OCH3 is 1. The fourth-order valence-corrected chi connectivity index (χ4v) is 2.03. The summed E-state index contributed by atoms with van der Waals surface area (Å²) >= 11 is 0. The van der Waals surface area contributed by atoms with E-state index in [0.29, 0.717) is 5.88 Å². The van der Waals surface area contributed by atoms with Crippen molar-refractivity contribution in [3.63, 3.8) is 0 Å². The van der Waals surface area contributed by atoms with Crippen molar-refractivity contribution in [3.05, 3.63) is 18.2 Å². The largest absolute Gasteiger partial charge is 0.481 e. The molecular weight excluding hydrogens is 202 g/mol. The second-order valence-corrected chi connectivity index (χ2v) is 4.77. The van der Waals surface area contributed by atoms with E-state index >= 15 is 0 Å². The lowest BCUT2D eigenvalue weighted by Crippen LogP contribution is -2.57. The third-order valence-corrected chi connectivity index (χ3v) is 2.81. The Kier molecular flexibility index (Phi) is 3.01. The van der Waals surface area contributed by atoms with Crippen molar-refractivity contribution in [1.29, 1.82) is 0 Å². The van der Waals surface area contributed by atoms with Crippen LogP contribution < -0.4 is 15.0 Å². The molecule has 2 rings (SSSR count). The van der Waals surface area contributed by atoms with Gasteiger partial charge >= 0.3 is 0 Å². The molecule has 1 aromatic heterocycles. The van der Waals surface area contributed by atoms with Gasteiger partial charge in [0.15, 0.2) is 0 Å². The lowest BCUT2D eigenvalue weighted by Gasteiger charge is -2.39. The van der Waals surface area contributed by atoms with Gasteiger partial charge in [-0.1, -0.05) is 6.07 Å². The Hall–Kier alpha value is -1.29. The second-order valence-electron chi connectivity index (χ2n) is 4.77. The van der Waals surface area contributed by atoms with Crippen molar-refractivity contribution in [2.45, 2.75) is 19.4 Å². The van der Waals surface area contributed by atoms with Gasteiger partial charge in [0.2, 0.25) is 5.88 Å². The Labute approximate surface area is 96.6 Å². The first-order valence-corrected chi connectivity index (χ1v) is 5.62. The number of nitrogens with one attached hydrogen (secondary N) is 1. The van der Waals surface area contributed by atoms with Crippen molar-refractivity contribution < 1.29 is 4.74 Å². The summed E-state index contributed by atoms with van der Waals surface area (Å²) in [7, 11) is 1.65. The van der Waals surface area contributed by atoms with Crippen LogP contribution in [0.1, 0.15) is 13.8 Å². The average molecular weight is 221 g/mol. The van der Waals surface area contributed by atoms with E-state index in [2.05, 4.69) is 29.0 Å². The lowest BCUT2D eigenvalue weighted by molar-refractivity contribution is 0.350. The molecule has 0 aromatic carbocycles. The molecular formula is C12H19N3O. The zero-order chi connectivity index (χ0) is 11.6. The predicted octanol–water partition coefficient (Wildman–Crippen LogP) is 1.28. The molecule has 4 nitrogen and oxygen atoms in total. The Bertz CT molecular complexity index is 365. The van der Waals surface area contributed by atoms with Gasteiger partial charge in [0.1, 0.15) is 5.82 Å². The average Bonchev–Trinajstić information content (AvgIpc) is 2.28. The molecule has 1 N–H and O–H groups in total. The quantitative estimate of drug-likeness (QED) is 0.816. The number of hydrogen-bond donors (Lipinski definition) is 1. The Morgan fingerprint density at radius 2 is 2.25 bits per heavy atom. The van der Waals surface area contributed by atoms with E-state index in [9.17, 15) is 0 Å². The summed E-state index contributed by atoms with van der Waals surface area (Å²) in [6.07, 6.45) is 0. The molecule has 16 heavy (non-hydrogen) atoms. The maximum Gasteiger partial charge on any atom is 0.214 e. The zero-order valence-corrected chi connectivity index (χ0v) is 10.2. The summed E-state index contributed by atoms with van der Waals surface area (Å²) in [4.78, 5) is 6.75. The van der Waals surface area contributed by atoms with Crippen molar-refractivity contribution in [3.8, 4) is 5.88 Å². The summed E-state index contributed by atoms with van der Waals surface area (Å²) in [5.41, 5.74) is 0.142. The van der Waals surface area contributed by atoms with Gasteiger partial charge in [0.05, 0.1) is 7.11 Å². The van der Waals surface area contributed by atoms with E-state index in [1.165, 1.54) is 0 Å². The molecule has 1 aromatic rings. The molecule has 0 aliphatic carbocycles. The maximum absolute atomic E-state index is 5.14. The van der Waals surface area contributed by atoms with Crippen LogP contribution >= 0.6 is 0 Å². The number of hydrogen-bond acceptors (Lipinski definition) is 4. The van der Waals surface area contributed by atoms with E-state index in [4.69, 9.17) is 4.74 Å². The monoisotopic (exact) mass is 221 g/mol. The molecule has 88 valence electrons. The minimum atomic E-state index is 0.142. The van der Waals surface area contributed by atoms with Gasteiger partial charge in [-0.25, -0.2) is 0 Å². The Morgan fingerprint density at radius 1 is 1.44 bits per heavy atom. The standard InChI is InChI=1S/C12H19N3O/c1-12(2)9-15(8-7-13-12)10-5-4-6-11(14-10)16-3/h4-6,13H,7-9H2,1-3H3. The van der Waals surface area contributed by atoms with Gasteiger partial charge in [-0.05, 0) is 19.9 Å². The predicted molar refractivity (Wildman–Crippen MR) is 65.1 cm³/mol. The highest BCUT2D eigenvalue weighted by Crippen LogP contribution is 2.19. The van der Waals surface area contributed by atoms with Gasteiger partial charge in [0.25, 0.3) is 0 Å². The van der Waals surface area contributed by atoms with Gasteiger partial charge in [-0.3, -0.25) is 0 Å². The first-order chi connectivity index (χ1) is 7.61. The number of aromatic nitrogens is 1. The SMILES string of the molecule is COc1cccc(N2CCNC(C)(C)C2)n1. The second kappa shape index (κ2) is 4.29. The third-order valence-electron chi connectivity index (χ3n) is 2.81. The van der Waals surface area contributed by atoms with Crippen LogP contribution in [0.2, 0.25) is 0 Å². The van der Waals surface area contributed by atoms with Crippen LogP contribution in [0.25, 0.3) is 0 Å². The van der Waals surface area contributed by atoms with E-state index < -0.39 is 0 Å². The van der Waals surface area contributed by atoms with Crippen molar-refractivity contribution in [2.24, 2.45) is 0 Å². The van der Waals surface area contributed by atoms with Gasteiger partial charge in [0, 0.05) is 31.2 Å². The smallest absolute Gasteiger partial charge is 0.214 e. The molecule has 0 unspecified atom stereocenters. The van der Waals surface area contributed by atoms with Crippen LogP contribution in [0.3, 0.4) is 0 Å². The minimum Gasteiger partial charge on any atom is -0.481 e. The van der Waals surface area contributed by atoms with Crippen molar-refractivity contribution >= 4 is 5.82 Å². The van der Waals surface area contributed by atoms with E-state index in [1.807, 2.05) is 18.2 Å². The Balaban J connectivity index is 2.16. The van der Waals surface area contributed by atoms with Crippen LogP contribution in [0.4, 0.5) is 5.82 Å². The van der Waals surface area contributed by atoms with Gasteiger partial charge in [-0.2, -0.15) is 4.98 Å². The molecule has 0 amide bonds. The highest BCUT2D eigenvalue weighted by molar-refractivity contribution is 5.42. The molecule has 1 fully saturated rings. The van der Waals surface area contributed by atoms with E-state index in [1.54, 1.807) is 7.11 Å². The molecule has 0 spiro atoms. The molecule has 1 aliphatic rings. The number of anilines is 1. The molecule has 1 aliphatic heterocycles. The number of piperazine rings is 1. The first kappa shape index (κ1) is 11.2. The topological polar surface area (TPSA) is 37.4 Å². The van der Waals surface area contributed by atoms with Crippen molar-refractivity contribution in [1.82, 2.24) is 10.3 Å². The first-order valence-electron chi connectivity index (χ1n) is 5.62. The molecule has 4 heteroatoms. The van der Waals surface area contributed by atoms with Crippen LogP contribution in [0.15, 0.2) is 18.2 Å². The summed E-state index contributed by atoms with van der Waals surface area (Å²) in [5, 5.41) is 3.49. The normalized spacial score (nSPS) is 19.6. The number of pyridine rings is 1. The summed E-state index contributed by atoms with van der Waals surface area (Å²) in [6, 6.07) is 5.89. The highest BCUT2D eigenvalue weighted by atomic mass is 16.5. The number of ether oxygens (including phenoxy) is 1. The fraction of sp³-hybridized carbons (Fsp3) is 0.583.